The number of aryl methyl sites for hydroxylation is 1. The maximum atomic E-state index is 13.0. The van der Waals surface area contributed by atoms with Crippen LogP contribution in [0.15, 0.2) is 88.5 Å². The third-order valence-corrected chi connectivity index (χ3v) is 5.25. The third-order valence-electron chi connectivity index (χ3n) is 4.15. The van der Waals surface area contributed by atoms with Crippen molar-refractivity contribution in [3.05, 3.63) is 90.0 Å². The molecule has 5 heteroatoms. The van der Waals surface area contributed by atoms with Gasteiger partial charge in [-0.15, -0.1) is 0 Å². The zero-order chi connectivity index (χ0) is 18.6. The van der Waals surface area contributed by atoms with Gasteiger partial charge in [0.1, 0.15) is 10.8 Å². The number of rotatable bonds is 5. The second-order valence-corrected chi connectivity index (χ2v) is 7.27. The number of hydrogen-bond acceptors (Lipinski definition) is 4. The average molecular weight is 374 g/mol. The summed E-state index contributed by atoms with van der Waals surface area (Å²) in [6, 6.07) is 25.0. The SMILES string of the molecule is Cc1ccc(NC(=O)C(Sc2nc3ccccc3o2)c2ccccc2)cc1. The van der Waals surface area contributed by atoms with E-state index in [9.17, 15) is 4.79 Å². The van der Waals surface area contributed by atoms with Crippen LogP contribution >= 0.6 is 11.8 Å². The predicted molar refractivity (Wildman–Crippen MR) is 109 cm³/mol. The van der Waals surface area contributed by atoms with E-state index in [1.54, 1.807) is 0 Å². The van der Waals surface area contributed by atoms with Crippen molar-refractivity contribution in [1.82, 2.24) is 4.98 Å². The first-order chi connectivity index (χ1) is 13.2. The first kappa shape index (κ1) is 17.4. The number of benzene rings is 3. The highest BCUT2D eigenvalue weighted by molar-refractivity contribution is 8.00. The molecule has 0 aliphatic heterocycles. The molecule has 0 aliphatic rings. The standard InChI is InChI=1S/C22H18N2O2S/c1-15-11-13-17(14-12-15)23-21(25)20(16-7-3-2-4-8-16)27-22-24-18-9-5-6-10-19(18)26-22/h2-14,20H,1H3,(H,23,25). The highest BCUT2D eigenvalue weighted by Crippen LogP contribution is 2.37. The molecule has 4 rings (SSSR count). The number of hydrogen-bond donors (Lipinski definition) is 1. The Bertz CT molecular complexity index is 1030. The Kier molecular flexibility index (Phi) is 4.94. The molecule has 1 amide bonds. The lowest BCUT2D eigenvalue weighted by molar-refractivity contribution is -0.115. The van der Waals surface area contributed by atoms with Crippen LogP contribution in [0.3, 0.4) is 0 Å². The Balaban J connectivity index is 1.62. The molecular formula is C22H18N2O2S. The third kappa shape index (κ3) is 4.04. The van der Waals surface area contributed by atoms with Gasteiger partial charge in [-0.05, 0) is 48.5 Å². The monoisotopic (exact) mass is 374 g/mol. The fourth-order valence-corrected chi connectivity index (χ4v) is 3.70. The molecule has 1 atom stereocenters. The van der Waals surface area contributed by atoms with E-state index in [0.717, 1.165) is 22.3 Å². The summed E-state index contributed by atoms with van der Waals surface area (Å²) >= 11 is 1.31. The van der Waals surface area contributed by atoms with Gasteiger partial charge in [-0.25, -0.2) is 4.98 Å². The molecule has 0 saturated heterocycles. The molecule has 0 spiro atoms. The van der Waals surface area contributed by atoms with Gasteiger partial charge in [0.15, 0.2) is 5.58 Å². The van der Waals surface area contributed by atoms with Crippen LogP contribution in [-0.4, -0.2) is 10.9 Å². The minimum absolute atomic E-state index is 0.114. The summed E-state index contributed by atoms with van der Waals surface area (Å²) in [6.07, 6.45) is 0. The zero-order valence-corrected chi connectivity index (χ0v) is 15.6. The summed E-state index contributed by atoms with van der Waals surface area (Å²) in [5.41, 5.74) is 4.31. The molecule has 1 aromatic heterocycles. The van der Waals surface area contributed by atoms with Crippen molar-refractivity contribution in [2.24, 2.45) is 0 Å². The lowest BCUT2D eigenvalue weighted by atomic mass is 10.1. The molecule has 27 heavy (non-hydrogen) atoms. The van der Waals surface area contributed by atoms with E-state index in [0.29, 0.717) is 10.8 Å². The van der Waals surface area contributed by atoms with Gasteiger partial charge in [0.25, 0.3) is 5.22 Å². The van der Waals surface area contributed by atoms with Crippen LogP contribution in [0, 0.1) is 6.92 Å². The van der Waals surface area contributed by atoms with Crippen molar-refractivity contribution in [3.8, 4) is 0 Å². The molecule has 0 radical (unpaired) electrons. The molecule has 134 valence electrons. The molecule has 4 nitrogen and oxygen atoms in total. The van der Waals surface area contributed by atoms with Gasteiger partial charge in [-0.3, -0.25) is 4.79 Å². The number of aromatic nitrogens is 1. The summed E-state index contributed by atoms with van der Waals surface area (Å²) in [6.45, 7) is 2.02. The molecular weight excluding hydrogens is 356 g/mol. The minimum atomic E-state index is -0.472. The van der Waals surface area contributed by atoms with Crippen LogP contribution < -0.4 is 5.32 Å². The second-order valence-electron chi connectivity index (χ2n) is 6.21. The van der Waals surface area contributed by atoms with Gasteiger partial charge in [-0.2, -0.15) is 0 Å². The number of carbonyl (C=O) groups excluding carboxylic acids is 1. The molecule has 1 heterocycles. The highest BCUT2D eigenvalue weighted by Gasteiger charge is 2.24. The summed E-state index contributed by atoms with van der Waals surface area (Å²) in [5, 5.41) is 3.00. The molecule has 0 bridgehead atoms. The van der Waals surface area contributed by atoms with E-state index in [4.69, 9.17) is 4.42 Å². The van der Waals surface area contributed by atoms with Crippen molar-refractivity contribution in [3.63, 3.8) is 0 Å². The van der Waals surface area contributed by atoms with Crippen LogP contribution in [-0.2, 0) is 4.79 Å². The number of oxazole rings is 1. The molecule has 4 aromatic rings. The van der Waals surface area contributed by atoms with Gasteiger partial charge < -0.3 is 9.73 Å². The van der Waals surface area contributed by atoms with Gasteiger partial charge in [0.05, 0.1) is 0 Å². The van der Waals surface area contributed by atoms with E-state index in [2.05, 4.69) is 10.3 Å². The molecule has 1 unspecified atom stereocenters. The minimum Gasteiger partial charge on any atom is -0.431 e. The summed E-state index contributed by atoms with van der Waals surface area (Å²) < 4.78 is 5.81. The Hall–Kier alpha value is -3.05. The number of anilines is 1. The predicted octanol–water partition coefficient (Wildman–Crippen LogP) is 5.61. The molecule has 0 saturated carbocycles. The van der Waals surface area contributed by atoms with Crippen LogP contribution in [0.5, 0.6) is 0 Å². The Morgan fingerprint density at radius 1 is 0.963 bits per heavy atom. The van der Waals surface area contributed by atoms with E-state index in [1.165, 1.54) is 11.8 Å². The van der Waals surface area contributed by atoms with Crippen LogP contribution in [0.2, 0.25) is 0 Å². The lowest BCUT2D eigenvalue weighted by Crippen LogP contribution is -2.19. The number of thioether (sulfide) groups is 1. The van der Waals surface area contributed by atoms with Crippen molar-refractivity contribution in [1.29, 1.82) is 0 Å². The second kappa shape index (κ2) is 7.68. The normalized spacial score (nSPS) is 12.0. The van der Waals surface area contributed by atoms with Crippen LogP contribution in [0.4, 0.5) is 5.69 Å². The number of nitrogens with one attached hydrogen (secondary N) is 1. The van der Waals surface area contributed by atoms with Crippen molar-refractivity contribution >= 4 is 34.5 Å². The van der Waals surface area contributed by atoms with Crippen molar-refractivity contribution < 1.29 is 9.21 Å². The molecule has 0 aliphatic carbocycles. The molecule has 3 aromatic carbocycles. The van der Waals surface area contributed by atoms with Gasteiger partial charge >= 0.3 is 0 Å². The van der Waals surface area contributed by atoms with Gasteiger partial charge in [0.2, 0.25) is 5.91 Å². The van der Waals surface area contributed by atoms with Gasteiger partial charge in [-0.1, -0.05) is 60.2 Å². The summed E-state index contributed by atoms with van der Waals surface area (Å²) in [7, 11) is 0. The fourth-order valence-electron chi connectivity index (χ4n) is 2.75. The van der Waals surface area contributed by atoms with E-state index >= 15 is 0 Å². The first-order valence-electron chi connectivity index (χ1n) is 8.64. The maximum Gasteiger partial charge on any atom is 0.257 e. The summed E-state index contributed by atoms with van der Waals surface area (Å²) in [5.74, 6) is -0.114. The topological polar surface area (TPSA) is 55.1 Å². The Labute approximate surface area is 161 Å². The molecule has 1 N–H and O–H groups in total. The number of fused-ring (bicyclic) bond motifs is 1. The quantitative estimate of drug-likeness (QED) is 0.461. The van der Waals surface area contributed by atoms with Crippen LogP contribution in [0.1, 0.15) is 16.4 Å². The van der Waals surface area contributed by atoms with Crippen LogP contribution in [0.25, 0.3) is 11.1 Å². The number of para-hydroxylation sites is 2. The molecule has 0 fully saturated rings. The number of carbonyl (C=O) groups is 1. The van der Waals surface area contributed by atoms with E-state index in [1.807, 2.05) is 85.8 Å². The summed E-state index contributed by atoms with van der Waals surface area (Å²) in [4.78, 5) is 17.5. The van der Waals surface area contributed by atoms with E-state index < -0.39 is 5.25 Å². The fraction of sp³-hybridized carbons (Fsp3) is 0.0909. The lowest BCUT2D eigenvalue weighted by Gasteiger charge is -2.15. The maximum absolute atomic E-state index is 13.0. The number of amides is 1. The zero-order valence-electron chi connectivity index (χ0n) is 14.8. The van der Waals surface area contributed by atoms with E-state index in [-0.39, 0.29) is 5.91 Å². The Morgan fingerprint density at radius 3 is 2.41 bits per heavy atom. The van der Waals surface area contributed by atoms with Crippen molar-refractivity contribution in [2.45, 2.75) is 17.4 Å². The largest absolute Gasteiger partial charge is 0.431 e. The Morgan fingerprint density at radius 2 is 1.67 bits per heavy atom. The average Bonchev–Trinajstić information content (AvgIpc) is 3.11. The highest BCUT2D eigenvalue weighted by atomic mass is 32.2. The first-order valence-corrected chi connectivity index (χ1v) is 9.52. The van der Waals surface area contributed by atoms with Crippen molar-refractivity contribution in [2.75, 3.05) is 5.32 Å². The number of nitrogens with zero attached hydrogens (tertiary/aromatic N) is 1. The van der Waals surface area contributed by atoms with Gasteiger partial charge in [0, 0.05) is 5.69 Å². The smallest absolute Gasteiger partial charge is 0.257 e.